The van der Waals surface area contributed by atoms with Crippen molar-refractivity contribution in [3.8, 4) is 0 Å². The molecule has 146 valence electrons. The largest absolute Gasteiger partial charge is 0.382 e. The first-order valence-electron chi connectivity index (χ1n) is 9.01. The fourth-order valence-electron chi connectivity index (χ4n) is 2.85. The maximum absolute atomic E-state index is 12.9. The van der Waals surface area contributed by atoms with E-state index in [0.29, 0.717) is 18.4 Å². The third kappa shape index (κ3) is 4.14. The highest BCUT2D eigenvalue weighted by molar-refractivity contribution is 7.91. The Balaban J connectivity index is 1.86. The van der Waals surface area contributed by atoms with E-state index in [1.54, 1.807) is 12.1 Å². The van der Waals surface area contributed by atoms with Gasteiger partial charge in [0.2, 0.25) is 15.8 Å². The van der Waals surface area contributed by atoms with Crippen molar-refractivity contribution in [3.63, 3.8) is 0 Å². The van der Waals surface area contributed by atoms with Gasteiger partial charge < -0.3 is 10.6 Å². The van der Waals surface area contributed by atoms with Gasteiger partial charge in [0.25, 0.3) is 0 Å². The predicted octanol–water partition coefficient (Wildman–Crippen LogP) is 3.65. The molecule has 0 unspecified atom stereocenters. The number of nitrogen functional groups attached to an aromatic ring is 1. The van der Waals surface area contributed by atoms with Gasteiger partial charge in [-0.05, 0) is 29.2 Å². The van der Waals surface area contributed by atoms with Crippen molar-refractivity contribution in [2.75, 3.05) is 17.7 Å². The first-order chi connectivity index (χ1) is 13.3. The fraction of sp³-hybridized carbons (Fsp3) is 0.238. The van der Waals surface area contributed by atoms with E-state index in [9.17, 15) is 8.42 Å². The summed E-state index contributed by atoms with van der Waals surface area (Å²) in [5, 5.41) is 0. The second kappa shape index (κ2) is 7.98. The van der Waals surface area contributed by atoms with Crippen LogP contribution in [0.15, 0.2) is 70.6 Å². The molecule has 2 aromatic carbocycles. The lowest BCUT2D eigenvalue weighted by atomic mass is 10.0. The smallest absolute Gasteiger partial charge is 0.227 e. The van der Waals surface area contributed by atoms with E-state index in [2.05, 4.69) is 23.8 Å². The summed E-state index contributed by atoms with van der Waals surface area (Å²) in [6.45, 7) is 4.70. The fourth-order valence-corrected chi connectivity index (χ4v) is 4.11. The molecular weight excluding hydrogens is 372 g/mol. The van der Waals surface area contributed by atoms with E-state index in [1.807, 2.05) is 54.4 Å². The average molecular weight is 397 g/mol. The molecule has 0 aliphatic heterocycles. The minimum atomic E-state index is -3.78. The van der Waals surface area contributed by atoms with Crippen molar-refractivity contribution in [1.82, 2.24) is 9.97 Å². The topological polar surface area (TPSA) is 89.2 Å². The van der Waals surface area contributed by atoms with Crippen LogP contribution < -0.4 is 10.6 Å². The summed E-state index contributed by atoms with van der Waals surface area (Å²) in [7, 11) is -1.95. The first-order valence-corrected chi connectivity index (χ1v) is 10.5. The lowest BCUT2D eigenvalue weighted by Crippen LogP contribution is -2.20. The molecule has 28 heavy (non-hydrogen) atoms. The molecule has 0 spiro atoms. The molecule has 0 saturated heterocycles. The zero-order valence-electron chi connectivity index (χ0n) is 16.2. The Morgan fingerprint density at radius 3 is 2.25 bits per heavy atom. The van der Waals surface area contributed by atoms with Gasteiger partial charge in [0.15, 0.2) is 0 Å². The number of nitrogens with two attached hydrogens (primary N) is 1. The van der Waals surface area contributed by atoms with E-state index in [4.69, 9.17) is 5.73 Å². The summed E-state index contributed by atoms with van der Waals surface area (Å²) in [6, 6.07) is 16.7. The predicted molar refractivity (Wildman–Crippen MR) is 111 cm³/mol. The van der Waals surface area contributed by atoms with Gasteiger partial charge in [-0.2, -0.15) is 4.98 Å². The van der Waals surface area contributed by atoms with Crippen molar-refractivity contribution in [2.45, 2.75) is 36.1 Å². The van der Waals surface area contributed by atoms with Gasteiger partial charge in [0.1, 0.15) is 10.7 Å². The Labute approximate surface area is 166 Å². The van der Waals surface area contributed by atoms with Gasteiger partial charge >= 0.3 is 0 Å². The summed E-state index contributed by atoms with van der Waals surface area (Å²) in [5.74, 6) is 0.637. The Kier molecular flexibility index (Phi) is 5.65. The van der Waals surface area contributed by atoms with Crippen molar-refractivity contribution in [1.29, 1.82) is 0 Å². The van der Waals surface area contributed by atoms with Crippen LogP contribution in [0, 0.1) is 0 Å². The van der Waals surface area contributed by atoms with Crippen LogP contribution >= 0.6 is 0 Å². The number of nitrogens with zero attached hydrogens (tertiary/aromatic N) is 3. The Morgan fingerprint density at radius 1 is 1.04 bits per heavy atom. The summed E-state index contributed by atoms with van der Waals surface area (Å²) in [6.07, 6.45) is 1.28. The van der Waals surface area contributed by atoms with Gasteiger partial charge in [-0.1, -0.05) is 56.3 Å². The highest BCUT2D eigenvalue weighted by Gasteiger charge is 2.23. The standard InChI is InChI=1S/C21H24N4O2S/c1-15(2)17-9-11-18(12-10-17)28(26,27)19-13-23-21(24-20(19)22)25(3)14-16-7-5-4-6-8-16/h4-13,15H,14H2,1-3H3,(H2,22,23,24). The Bertz CT molecular complexity index is 1050. The normalized spacial score (nSPS) is 11.6. The molecular formula is C21H24N4O2S. The number of rotatable bonds is 6. The molecule has 0 amide bonds. The summed E-state index contributed by atoms with van der Waals surface area (Å²) < 4.78 is 25.9. The Hall–Kier alpha value is -2.93. The lowest BCUT2D eigenvalue weighted by Gasteiger charge is -2.18. The minimum absolute atomic E-state index is 0.0575. The SMILES string of the molecule is CC(C)c1ccc(S(=O)(=O)c2cnc(N(C)Cc3ccccc3)nc2N)cc1. The lowest BCUT2D eigenvalue weighted by molar-refractivity contribution is 0.595. The molecule has 2 N–H and O–H groups in total. The molecule has 0 aliphatic rings. The van der Waals surface area contributed by atoms with Crippen LogP contribution in [-0.4, -0.2) is 25.4 Å². The van der Waals surface area contributed by atoms with Crippen LogP contribution in [0.5, 0.6) is 0 Å². The average Bonchev–Trinajstić information content (AvgIpc) is 2.68. The van der Waals surface area contributed by atoms with Gasteiger partial charge in [-0.15, -0.1) is 0 Å². The number of benzene rings is 2. The molecule has 6 nitrogen and oxygen atoms in total. The van der Waals surface area contributed by atoms with Gasteiger partial charge in [-0.25, -0.2) is 13.4 Å². The number of anilines is 2. The van der Waals surface area contributed by atoms with Gasteiger partial charge in [0, 0.05) is 13.6 Å². The van der Waals surface area contributed by atoms with Crippen LogP contribution in [0.1, 0.15) is 30.9 Å². The first kappa shape index (κ1) is 19.8. The van der Waals surface area contributed by atoms with E-state index < -0.39 is 9.84 Å². The van der Waals surface area contributed by atoms with Crippen LogP contribution in [0.3, 0.4) is 0 Å². The molecule has 3 rings (SSSR count). The number of sulfone groups is 1. The molecule has 3 aromatic rings. The minimum Gasteiger partial charge on any atom is -0.382 e. The maximum Gasteiger partial charge on any atom is 0.227 e. The monoisotopic (exact) mass is 396 g/mol. The van der Waals surface area contributed by atoms with Crippen molar-refractivity contribution >= 4 is 21.6 Å². The molecule has 0 atom stereocenters. The molecule has 0 bridgehead atoms. The van der Waals surface area contributed by atoms with Crippen LogP contribution in [0.2, 0.25) is 0 Å². The number of hydrogen-bond donors (Lipinski definition) is 1. The highest BCUT2D eigenvalue weighted by atomic mass is 32.2. The third-order valence-electron chi connectivity index (χ3n) is 4.52. The Morgan fingerprint density at radius 2 is 1.68 bits per heavy atom. The van der Waals surface area contributed by atoms with E-state index in [-0.39, 0.29) is 15.6 Å². The molecule has 0 radical (unpaired) electrons. The summed E-state index contributed by atoms with van der Waals surface area (Å²) in [4.78, 5) is 10.4. The number of aromatic nitrogens is 2. The summed E-state index contributed by atoms with van der Waals surface area (Å²) >= 11 is 0. The highest BCUT2D eigenvalue weighted by Crippen LogP contribution is 2.27. The van der Waals surface area contributed by atoms with Crippen molar-refractivity contribution in [3.05, 3.63) is 71.9 Å². The third-order valence-corrected chi connectivity index (χ3v) is 6.31. The van der Waals surface area contributed by atoms with E-state index in [0.717, 1.165) is 11.1 Å². The van der Waals surface area contributed by atoms with Crippen molar-refractivity contribution in [2.24, 2.45) is 0 Å². The zero-order chi connectivity index (χ0) is 20.3. The quantitative estimate of drug-likeness (QED) is 0.684. The van der Waals surface area contributed by atoms with Crippen LogP contribution in [0.25, 0.3) is 0 Å². The van der Waals surface area contributed by atoms with Gasteiger partial charge in [0.05, 0.1) is 11.1 Å². The molecule has 0 aliphatic carbocycles. The molecule has 0 fully saturated rings. The molecule has 1 aromatic heterocycles. The van der Waals surface area contributed by atoms with E-state index in [1.165, 1.54) is 6.20 Å². The second-order valence-corrected chi connectivity index (χ2v) is 8.91. The zero-order valence-corrected chi connectivity index (χ0v) is 17.0. The van der Waals surface area contributed by atoms with Crippen molar-refractivity contribution < 1.29 is 8.42 Å². The molecule has 7 heteroatoms. The van der Waals surface area contributed by atoms with Gasteiger partial charge in [-0.3, -0.25) is 0 Å². The van der Waals surface area contributed by atoms with Crippen LogP contribution in [0.4, 0.5) is 11.8 Å². The van der Waals surface area contributed by atoms with E-state index >= 15 is 0 Å². The molecule has 0 saturated carbocycles. The summed E-state index contributed by atoms with van der Waals surface area (Å²) in [5.41, 5.74) is 8.16. The van der Waals surface area contributed by atoms with Crippen LogP contribution in [-0.2, 0) is 16.4 Å². The second-order valence-electron chi connectivity index (χ2n) is 6.99. The molecule has 1 heterocycles. The maximum atomic E-state index is 12.9. The number of hydrogen-bond acceptors (Lipinski definition) is 6.